The summed E-state index contributed by atoms with van der Waals surface area (Å²) in [6.45, 7) is 2.45. The summed E-state index contributed by atoms with van der Waals surface area (Å²) in [5.41, 5.74) is 9.50. The first-order valence-corrected chi connectivity index (χ1v) is 16.9. The standard InChI is InChI=1S/C33H39FN8O4S.ClH/c1-20-16-26(47(45,46)42(2)3)13-15-27(20)23-8-4-21(5-9-23)17-30(37-32(43)24-10-6-22(19-35)7-11-24)33(44)36-25-12-14-28(29(34)18-25)31-38-40-41-39-31;/h4-5,8-9,12-16,18,22,24,30H,6-7,10-11,17,19,35H2,1-3H3,(H,36,44)(H,37,43)(H,38,39,40,41);1H/t22-,24-,30-;/m0./s1. The highest BCUT2D eigenvalue weighted by Crippen LogP contribution is 2.30. The van der Waals surface area contributed by atoms with Crippen molar-refractivity contribution in [1.82, 2.24) is 30.2 Å². The van der Waals surface area contributed by atoms with E-state index in [4.69, 9.17) is 5.73 Å². The number of hydrogen-bond acceptors (Lipinski definition) is 8. The fourth-order valence-electron chi connectivity index (χ4n) is 5.83. The third-order valence-electron chi connectivity index (χ3n) is 8.69. The molecule has 1 aliphatic carbocycles. The summed E-state index contributed by atoms with van der Waals surface area (Å²) in [5.74, 6) is -1.05. The topological polar surface area (TPSA) is 176 Å². The van der Waals surface area contributed by atoms with Crippen LogP contribution in [0.15, 0.2) is 65.6 Å². The number of nitrogens with zero attached hydrogens (tertiary/aromatic N) is 4. The van der Waals surface area contributed by atoms with E-state index >= 15 is 0 Å². The number of carbonyl (C=O) groups is 2. The van der Waals surface area contributed by atoms with E-state index in [1.807, 2.05) is 31.2 Å². The SMILES string of the molecule is Cc1cc(S(=O)(=O)N(C)C)ccc1-c1ccc(C[C@H](NC(=O)[C@H]2CC[C@H](CN)CC2)C(=O)Nc2ccc(-c3nn[nH]n3)c(F)c2)cc1.Cl. The van der Waals surface area contributed by atoms with Gasteiger partial charge in [0.1, 0.15) is 11.9 Å². The van der Waals surface area contributed by atoms with Gasteiger partial charge in [-0.2, -0.15) is 5.21 Å². The highest BCUT2D eigenvalue weighted by atomic mass is 35.5. The fourth-order valence-corrected chi connectivity index (χ4v) is 6.81. The van der Waals surface area contributed by atoms with E-state index in [9.17, 15) is 22.4 Å². The smallest absolute Gasteiger partial charge is 0.247 e. The molecule has 1 aromatic heterocycles. The molecule has 0 spiro atoms. The van der Waals surface area contributed by atoms with Crippen LogP contribution in [0.5, 0.6) is 0 Å². The Morgan fingerprint density at radius 3 is 2.29 bits per heavy atom. The molecule has 0 bridgehead atoms. The number of aromatic amines is 1. The molecule has 1 fully saturated rings. The van der Waals surface area contributed by atoms with E-state index < -0.39 is 27.8 Å². The molecule has 1 heterocycles. The molecule has 0 radical (unpaired) electrons. The minimum absolute atomic E-state index is 0. The molecule has 1 aliphatic rings. The molecule has 256 valence electrons. The van der Waals surface area contributed by atoms with E-state index in [1.165, 1.54) is 36.6 Å². The Balaban J connectivity index is 0.00000520. The highest BCUT2D eigenvalue weighted by Gasteiger charge is 2.29. The van der Waals surface area contributed by atoms with Gasteiger partial charge in [0.15, 0.2) is 0 Å². The van der Waals surface area contributed by atoms with Crippen LogP contribution in [0.25, 0.3) is 22.5 Å². The molecule has 1 atom stereocenters. The van der Waals surface area contributed by atoms with E-state index in [0.717, 1.165) is 35.1 Å². The zero-order valence-corrected chi connectivity index (χ0v) is 28.6. The molecule has 15 heteroatoms. The van der Waals surface area contributed by atoms with Crippen LogP contribution in [-0.4, -0.2) is 71.8 Å². The second-order valence-corrected chi connectivity index (χ2v) is 14.3. The minimum Gasteiger partial charge on any atom is -0.344 e. The van der Waals surface area contributed by atoms with Gasteiger partial charge in [-0.1, -0.05) is 30.3 Å². The van der Waals surface area contributed by atoms with Gasteiger partial charge >= 0.3 is 0 Å². The Morgan fingerprint density at radius 1 is 1.02 bits per heavy atom. The molecule has 0 saturated heterocycles. The van der Waals surface area contributed by atoms with E-state index in [-0.39, 0.29) is 52.6 Å². The lowest BCUT2D eigenvalue weighted by atomic mass is 9.81. The van der Waals surface area contributed by atoms with Crippen molar-refractivity contribution in [3.63, 3.8) is 0 Å². The molecule has 2 amide bonds. The van der Waals surface area contributed by atoms with E-state index in [0.29, 0.717) is 25.3 Å². The van der Waals surface area contributed by atoms with Crippen LogP contribution in [0.1, 0.15) is 36.8 Å². The number of hydrogen-bond donors (Lipinski definition) is 4. The number of aromatic nitrogens is 4. The summed E-state index contributed by atoms with van der Waals surface area (Å²) in [6.07, 6.45) is 3.32. The van der Waals surface area contributed by atoms with Crippen molar-refractivity contribution >= 4 is 39.9 Å². The number of rotatable bonds is 11. The average molecular weight is 699 g/mol. The molecule has 5 rings (SSSR count). The van der Waals surface area contributed by atoms with Crippen molar-refractivity contribution in [3.05, 3.63) is 77.6 Å². The fraction of sp³-hybridized carbons (Fsp3) is 0.364. The molecule has 0 aliphatic heterocycles. The second kappa shape index (κ2) is 15.8. The maximum absolute atomic E-state index is 14.9. The number of nitrogens with one attached hydrogen (secondary N) is 3. The van der Waals surface area contributed by atoms with Gasteiger partial charge in [0.2, 0.25) is 27.7 Å². The molecule has 4 aromatic rings. The second-order valence-electron chi connectivity index (χ2n) is 12.1. The van der Waals surface area contributed by atoms with E-state index in [2.05, 4.69) is 31.3 Å². The van der Waals surface area contributed by atoms with Gasteiger partial charge in [0.05, 0.1) is 10.5 Å². The summed E-state index contributed by atoms with van der Waals surface area (Å²) in [4.78, 5) is 27.2. The van der Waals surface area contributed by atoms with E-state index in [1.54, 1.807) is 18.2 Å². The third kappa shape index (κ3) is 8.42. The highest BCUT2D eigenvalue weighted by molar-refractivity contribution is 7.89. The minimum atomic E-state index is -3.56. The van der Waals surface area contributed by atoms with Crippen LogP contribution in [0.4, 0.5) is 10.1 Å². The van der Waals surface area contributed by atoms with Crippen molar-refractivity contribution in [3.8, 4) is 22.5 Å². The van der Waals surface area contributed by atoms with Gasteiger partial charge in [-0.25, -0.2) is 17.1 Å². The zero-order chi connectivity index (χ0) is 33.7. The summed E-state index contributed by atoms with van der Waals surface area (Å²) < 4.78 is 41.2. The van der Waals surface area contributed by atoms with Crippen LogP contribution < -0.4 is 16.4 Å². The molecule has 1 saturated carbocycles. The molecule has 3 aromatic carbocycles. The summed E-state index contributed by atoms with van der Waals surface area (Å²) in [6, 6.07) is 15.8. The number of carbonyl (C=O) groups excluding carboxylic acids is 2. The Hall–Kier alpha value is -4.24. The number of nitrogens with two attached hydrogens (primary N) is 1. The number of amides is 2. The van der Waals surface area contributed by atoms with Crippen LogP contribution in [0.2, 0.25) is 0 Å². The van der Waals surface area contributed by atoms with Gasteiger partial charge in [0.25, 0.3) is 0 Å². The number of sulfonamides is 1. The number of H-pyrrole nitrogens is 1. The molecule has 12 nitrogen and oxygen atoms in total. The largest absolute Gasteiger partial charge is 0.344 e. The number of tetrazole rings is 1. The summed E-state index contributed by atoms with van der Waals surface area (Å²) >= 11 is 0. The quantitative estimate of drug-likeness (QED) is 0.181. The van der Waals surface area contributed by atoms with Crippen molar-refractivity contribution in [2.75, 3.05) is 26.0 Å². The molecular formula is C33H40ClFN8O4S. The normalized spacial score (nSPS) is 17.0. The van der Waals surface area contributed by atoms with Crippen LogP contribution in [0.3, 0.4) is 0 Å². The summed E-state index contributed by atoms with van der Waals surface area (Å²) in [5, 5.41) is 19.0. The predicted molar refractivity (Wildman–Crippen MR) is 183 cm³/mol. The lowest BCUT2D eigenvalue weighted by Crippen LogP contribution is -2.48. The van der Waals surface area contributed by atoms with Crippen molar-refractivity contribution in [1.29, 1.82) is 0 Å². The number of anilines is 1. The average Bonchev–Trinajstić information content (AvgIpc) is 3.59. The molecule has 48 heavy (non-hydrogen) atoms. The van der Waals surface area contributed by atoms with Crippen molar-refractivity contribution < 1.29 is 22.4 Å². The maximum atomic E-state index is 14.9. The first-order chi connectivity index (χ1) is 22.5. The van der Waals surface area contributed by atoms with Gasteiger partial charge in [0, 0.05) is 32.1 Å². The number of benzene rings is 3. The van der Waals surface area contributed by atoms with Crippen LogP contribution in [-0.2, 0) is 26.0 Å². The number of aryl methyl sites for hydroxylation is 1. The zero-order valence-electron chi connectivity index (χ0n) is 26.9. The predicted octanol–water partition coefficient (Wildman–Crippen LogP) is 4.08. The lowest BCUT2D eigenvalue weighted by molar-refractivity contribution is -0.130. The Morgan fingerprint density at radius 2 is 1.71 bits per heavy atom. The van der Waals surface area contributed by atoms with Gasteiger partial charge in [-0.3, -0.25) is 9.59 Å². The first-order valence-electron chi connectivity index (χ1n) is 15.4. The molecule has 0 unspecified atom stereocenters. The van der Waals surface area contributed by atoms with Crippen LogP contribution in [0, 0.1) is 24.6 Å². The molecular weight excluding hydrogens is 659 g/mol. The Kier molecular flexibility index (Phi) is 12.0. The van der Waals surface area contributed by atoms with Crippen molar-refractivity contribution in [2.45, 2.75) is 50.0 Å². The van der Waals surface area contributed by atoms with Gasteiger partial charge < -0.3 is 16.4 Å². The first kappa shape index (κ1) is 36.6. The van der Waals surface area contributed by atoms with Crippen molar-refractivity contribution in [2.24, 2.45) is 17.6 Å². The molecule has 5 N–H and O–H groups in total. The van der Waals surface area contributed by atoms with Gasteiger partial charge in [-0.15, -0.1) is 22.6 Å². The Labute approximate surface area is 285 Å². The number of halogens is 2. The summed E-state index contributed by atoms with van der Waals surface area (Å²) in [7, 11) is -0.578. The third-order valence-corrected chi connectivity index (χ3v) is 10.5. The maximum Gasteiger partial charge on any atom is 0.247 e. The van der Waals surface area contributed by atoms with Crippen LogP contribution >= 0.6 is 12.4 Å². The monoisotopic (exact) mass is 698 g/mol. The van der Waals surface area contributed by atoms with Gasteiger partial charge in [-0.05, 0) is 103 Å². The lowest BCUT2D eigenvalue weighted by Gasteiger charge is -2.28. The Bertz CT molecular complexity index is 1830.